The molecule has 1 heterocycles. The largest absolute Gasteiger partial charge is 0.399 e. The molecule has 0 amide bonds. The van der Waals surface area contributed by atoms with Crippen LogP contribution in [0.15, 0.2) is 60.7 Å². The molecule has 0 spiro atoms. The van der Waals surface area contributed by atoms with E-state index in [0.717, 1.165) is 35.2 Å². The minimum absolute atomic E-state index is 0.740. The second-order valence-electron chi connectivity index (χ2n) is 7.00. The highest BCUT2D eigenvalue weighted by atomic mass is 15.1. The SMILES string of the molecule is CCN(CC)c1ccc2c(-c3ccc(C)cc3)c3ccc(N)cc3nc2c1. The smallest absolute Gasteiger partial charge is 0.0736 e. The molecule has 0 bridgehead atoms. The Kier molecular flexibility index (Phi) is 4.44. The number of nitrogens with two attached hydrogens (primary N) is 1. The predicted molar refractivity (Wildman–Crippen MR) is 117 cm³/mol. The number of pyridine rings is 1. The molecular formula is C24H25N3. The van der Waals surface area contributed by atoms with E-state index in [0.29, 0.717) is 0 Å². The first-order valence-electron chi connectivity index (χ1n) is 9.55. The second-order valence-corrected chi connectivity index (χ2v) is 7.00. The molecule has 1 aromatic heterocycles. The molecule has 2 N–H and O–H groups in total. The number of anilines is 2. The number of hydrogen-bond acceptors (Lipinski definition) is 3. The highest BCUT2D eigenvalue weighted by Crippen LogP contribution is 2.36. The van der Waals surface area contributed by atoms with Gasteiger partial charge in [-0.1, -0.05) is 42.0 Å². The van der Waals surface area contributed by atoms with Crippen molar-refractivity contribution in [3.63, 3.8) is 0 Å². The van der Waals surface area contributed by atoms with Crippen LogP contribution in [-0.2, 0) is 0 Å². The summed E-state index contributed by atoms with van der Waals surface area (Å²) in [5.74, 6) is 0. The monoisotopic (exact) mass is 355 g/mol. The Morgan fingerprint density at radius 1 is 0.815 bits per heavy atom. The van der Waals surface area contributed by atoms with Crippen molar-refractivity contribution in [2.45, 2.75) is 20.8 Å². The van der Waals surface area contributed by atoms with Crippen LogP contribution in [0, 0.1) is 6.92 Å². The number of aromatic nitrogens is 1. The topological polar surface area (TPSA) is 42.1 Å². The van der Waals surface area contributed by atoms with Gasteiger partial charge in [0.15, 0.2) is 0 Å². The van der Waals surface area contributed by atoms with Crippen molar-refractivity contribution in [1.82, 2.24) is 4.98 Å². The zero-order valence-corrected chi connectivity index (χ0v) is 16.2. The summed E-state index contributed by atoms with van der Waals surface area (Å²) >= 11 is 0. The molecule has 0 fully saturated rings. The maximum Gasteiger partial charge on any atom is 0.0736 e. The summed E-state index contributed by atoms with van der Waals surface area (Å²) in [6.07, 6.45) is 0. The molecule has 0 aliphatic heterocycles. The molecule has 0 atom stereocenters. The summed E-state index contributed by atoms with van der Waals surface area (Å²) in [4.78, 5) is 7.29. The summed E-state index contributed by atoms with van der Waals surface area (Å²) in [7, 11) is 0. The van der Waals surface area contributed by atoms with Gasteiger partial charge in [-0.05, 0) is 50.6 Å². The van der Waals surface area contributed by atoms with E-state index in [2.05, 4.69) is 74.2 Å². The fraction of sp³-hybridized carbons (Fsp3) is 0.208. The van der Waals surface area contributed by atoms with Gasteiger partial charge in [-0.2, -0.15) is 0 Å². The normalized spacial score (nSPS) is 11.2. The number of nitrogens with zero attached hydrogens (tertiary/aromatic N) is 2. The number of rotatable bonds is 4. The quantitative estimate of drug-likeness (QED) is 0.372. The Balaban J connectivity index is 2.06. The van der Waals surface area contributed by atoms with Gasteiger partial charge in [-0.3, -0.25) is 0 Å². The number of benzene rings is 3. The van der Waals surface area contributed by atoms with Gasteiger partial charge in [0.25, 0.3) is 0 Å². The lowest BCUT2D eigenvalue weighted by Crippen LogP contribution is -2.21. The third-order valence-corrected chi connectivity index (χ3v) is 5.25. The van der Waals surface area contributed by atoms with Crippen molar-refractivity contribution >= 4 is 33.2 Å². The zero-order valence-electron chi connectivity index (χ0n) is 16.2. The van der Waals surface area contributed by atoms with E-state index in [9.17, 15) is 0 Å². The lowest BCUT2D eigenvalue weighted by Gasteiger charge is -2.22. The maximum absolute atomic E-state index is 6.05. The lowest BCUT2D eigenvalue weighted by molar-refractivity contribution is 0.867. The van der Waals surface area contributed by atoms with Crippen molar-refractivity contribution < 1.29 is 0 Å². The van der Waals surface area contributed by atoms with Crippen molar-refractivity contribution in [2.75, 3.05) is 23.7 Å². The number of aryl methyl sites for hydroxylation is 1. The van der Waals surface area contributed by atoms with Gasteiger partial charge in [-0.15, -0.1) is 0 Å². The molecule has 0 aliphatic carbocycles. The van der Waals surface area contributed by atoms with E-state index >= 15 is 0 Å². The Labute approximate surface area is 160 Å². The standard InChI is InChI=1S/C24H25N3/c1-4-27(5-2)19-11-13-21-23(15-19)26-22-14-18(25)10-12-20(22)24(21)17-8-6-16(3)7-9-17/h6-15H,4-5,25H2,1-3H3. The van der Waals surface area contributed by atoms with Gasteiger partial charge in [0.05, 0.1) is 11.0 Å². The van der Waals surface area contributed by atoms with Gasteiger partial charge in [-0.25, -0.2) is 4.98 Å². The van der Waals surface area contributed by atoms with Crippen molar-refractivity contribution in [3.8, 4) is 11.1 Å². The molecule has 27 heavy (non-hydrogen) atoms. The average molecular weight is 355 g/mol. The Hall–Kier alpha value is -3.07. The molecule has 0 saturated heterocycles. The number of nitrogen functional groups attached to an aromatic ring is 1. The fourth-order valence-electron chi connectivity index (χ4n) is 3.77. The summed E-state index contributed by atoms with van der Waals surface area (Å²) < 4.78 is 0. The van der Waals surface area contributed by atoms with Crippen LogP contribution >= 0.6 is 0 Å². The molecule has 0 radical (unpaired) electrons. The molecule has 4 rings (SSSR count). The van der Waals surface area contributed by atoms with Gasteiger partial charge in [0.2, 0.25) is 0 Å². The van der Waals surface area contributed by atoms with E-state index in [1.54, 1.807) is 0 Å². The number of hydrogen-bond donors (Lipinski definition) is 1. The molecule has 0 unspecified atom stereocenters. The third kappa shape index (κ3) is 3.10. The summed E-state index contributed by atoms with van der Waals surface area (Å²) in [6.45, 7) is 8.43. The van der Waals surface area contributed by atoms with Gasteiger partial charge in [0.1, 0.15) is 0 Å². The third-order valence-electron chi connectivity index (χ3n) is 5.25. The van der Waals surface area contributed by atoms with Crippen LogP contribution in [0.2, 0.25) is 0 Å². The van der Waals surface area contributed by atoms with Crippen molar-refractivity contribution in [2.24, 2.45) is 0 Å². The maximum atomic E-state index is 6.05. The van der Waals surface area contributed by atoms with Gasteiger partial charge < -0.3 is 10.6 Å². The van der Waals surface area contributed by atoms with Crippen LogP contribution in [0.25, 0.3) is 32.9 Å². The second kappa shape index (κ2) is 6.92. The molecule has 0 saturated carbocycles. The highest BCUT2D eigenvalue weighted by Gasteiger charge is 2.13. The van der Waals surface area contributed by atoms with E-state index in [1.807, 2.05) is 12.1 Å². The van der Waals surface area contributed by atoms with Gasteiger partial charge >= 0.3 is 0 Å². The minimum atomic E-state index is 0.740. The van der Waals surface area contributed by atoms with Crippen LogP contribution in [0.1, 0.15) is 19.4 Å². The van der Waals surface area contributed by atoms with E-state index in [1.165, 1.54) is 27.8 Å². The lowest BCUT2D eigenvalue weighted by atomic mass is 9.95. The van der Waals surface area contributed by atoms with E-state index < -0.39 is 0 Å². The first-order valence-corrected chi connectivity index (χ1v) is 9.55. The molecule has 136 valence electrons. The van der Waals surface area contributed by atoms with E-state index in [-0.39, 0.29) is 0 Å². The molecule has 4 aromatic rings. The predicted octanol–water partition coefficient (Wildman–Crippen LogP) is 5.79. The van der Waals surface area contributed by atoms with Crippen molar-refractivity contribution in [3.05, 3.63) is 66.2 Å². The molecule has 0 aliphatic rings. The summed E-state index contributed by atoms with van der Waals surface area (Å²) in [5.41, 5.74) is 13.6. The highest BCUT2D eigenvalue weighted by molar-refractivity contribution is 6.10. The average Bonchev–Trinajstić information content (AvgIpc) is 2.67. The Morgan fingerprint density at radius 3 is 2.11 bits per heavy atom. The van der Waals surface area contributed by atoms with Crippen molar-refractivity contribution in [1.29, 1.82) is 0 Å². The fourth-order valence-corrected chi connectivity index (χ4v) is 3.77. The number of fused-ring (bicyclic) bond motifs is 2. The van der Waals surface area contributed by atoms with Gasteiger partial charge in [0, 0.05) is 40.8 Å². The van der Waals surface area contributed by atoms with E-state index in [4.69, 9.17) is 10.7 Å². The van der Waals surface area contributed by atoms with Crippen LogP contribution in [0.5, 0.6) is 0 Å². The zero-order chi connectivity index (χ0) is 19.0. The first kappa shape index (κ1) is 17.3. The minimum Gasteiger partial charge on any atom is -0.399 e. The molecule has 3 heteroatoms. The molecular weight excluding hydrogens is 330 g/mol. The van der Waals surface area contributed by atoms with Crippen LogP contribution in [0.3, 0.4) is 0 Å². The van der Waals surface area contributed by atoms with Crippen LogP contribution in [0.4, 0.5) is 11.4 Å². The van der Waals surface area contributed by atoms with Crippen LogP contribution in [-0.4, -0.2) is 18.1 Å². The summed E-state index contributed by atoms with van der Waals surface area (Å²) in [5, 5.41) is 2.31. The Morgan fingerprint density at radius 2 is 1.44 bits per heavy atom. The first-order chi connectivity index (χ1) is 13.1. The van der Waals surface area contributed by atoms with Crippen LogP contribution < -0.4 is 10.6 Å². The molecule has 3 aromatic carbocycles. The Bertz CT molecular complexity index is 1110. The summed E-state index contributed by atoms with van der Waals surface area (Å²) in [6, 6.07) is 21.3. The molecule has 3 nitrogen and oxygen atoms in total.